The minimum absolute atomic E-state index is 0.0169. The summed E-state index contributed by atoms with van der Waals surface area (Å²) in [6.07, 6.45) is 8.93. The number of carbonyl (C=O) groups excluding carboxylic acids is 2. The third-order valence-corrected chi connectivity index (χ3v) is 7.81. The molecular formula is C26H37N3O5. The van der Waals surface area contributed by atoms with Gasteiger partial charge in [0.05, 0.1) is 19.1 Å². The predicted molar refractivity (Wildman–Crippen MR) is 128 cm³/mol. The molecule has 3 heterocycles. The molecule has 0 radical (unpaired) electrons. The Balaban J connectivity index is 1.25. The van der Waals surface area contributed by atoms with Crippen molar-refractivity contribution in [3.8, 4) is 5.75 Å². The highest BCUT2D eigenvalue weighted by molar-refractivity contribution is 5.89. The lowest BCUT2D eigenvalue weighted by atomic mass is 9.84. The molecule has 0 spiro atoms. The number of carbonyl (C=O) groups is 2. The van der Waals surface area contributed by atoms with Crippen molar-refractivity contribution >= 4 is 17.6 Å². The smallest absolute Gasteiger partial charge is 0.319 e. The van der Waals surface area contributed by atoms with Gasteiger partial charge in [-0.25, -0.2) is 4.79 Å². The summed E-state index contributed by atoms with van der Waals surface area (Å²) in [6, 6.07) is 5.78. The monoisotopic (exact) mass is 471 g/mol. The largest absolute Gasteiger partial charge is 0.487 e. The maximum absolute atomic E-state index is 12.8. The molecule has 2 saturated heterocycles. The van der Waals surface area contributed by atoms with Crippen molar-refractivity contribution in [1.82, 2.24) is 10.2 Å². The molecule has 1 saturated carbocycles. The summed E-state index contributed by atoms with van der Waals surface area (Å²) < 4.78 is 12.3. The second-order valence-electron chi connectivity index (χ2n) is 10.2. The fourth-order valence-corrected chi connectivity index (χ4v) is 6.03. The van der Waals surface area contributed by atoms with Crippen LogP contribution in [0.3, 0.4) is 0 Å². The van der Waals surface area contributed by atoms with Gasteiger partial charge in [0.15, 0.2) is 0 Å². The van der Waals surface area contributed by atoms with Crippen LogP contribution < -0.4 is 15.4 Å². The van der Waals surface area contributed by atoms with Gasteiger partial charge in [-0.15, -0.1) is 0 Å². The van der Waals surface area contributed by atoms with Gasteiger partial charge >= 0.3 is 6.03 Å². The first-order valence-electron chi connectivity index (χ1n) is 13.0. The van der Waals surface area contributed by atoms with Gasteiger partial charge in [0.1, 0.15) is 18.0 Å². The Labute approximate surface area is 201 Å². The Kier molecular flexibility index (Phi) is 7.25. The van der Waals surface area contributed by atoms with Gasteiger partial charge in [0.25, 0.3) is 0 Å². The highest BCUT2D eigenvalue weighted by atomic mass is 16.6. The van der Waals surface area contributed by atoms with Crippen molar-refractivity contribution in [3.63, 3.8) is 0 Å². The molecule has 3 amide bonds. The van der Waals surface area contributed by atoms with Crippen LogP contribution in [0.2, 0.25) is 0 Å². The summed E-state index contributed by atoms with van der Waals surface area (Å²) in [5, 5.41) is 16.1. The number of fused-ring (bicyclic) bond motifs is 3. The van der Waals surface area contributed by atoms with Gasteiger partial charge in [0.2, 0.25) is 5.91 Å². The molecule has 8 nitrogen and oxygen atoms in total. The lowest BCUT2D eigenvalue weighted by molar-refractivity contribution is -0.149. The first-order valence-corrected chi connectivity index (χ1v) is 13.0. The molecule has 3 N–H and O–H groups in total. The molecule has 3 aliphatic heterocycles. The number of nitrogens with zero attached hydrogens (tertiary/aromatic N) is 1. The molecule has 0 bridgehead atoms. The number of hydrogen-bond donors (Lipinski definition) is 3. The van der Waals surface area contributed by atoms with Crippen molar-refractivity contribution in [2.45, 2.75) is 94.5 Å². The molecule has 8 heteroatoms. The molecule has 34 heavy (non-hydrogen) atoms. The summed E-state index contributed by atoms with van der Waals surface area (Å²) >= 11 is 0. The molecule has 0 aromatic heterocycles. The van der Waals surface area contributed by atoms with Crippen LogP contribution in [0.5, 0.6) is 5.75 Å². The van der Waals surface area contributed by atoms with Crippen molar-refractivity contribution in [3.05, 3.63) is 23.8 Å². The van der Waals surface area contributed by atoms with Crippen molar-refractivity contribution < 1.29 is 24.2 Å². The van der Waals surface area contributed by atoms with E-state index in [9.17, 15) is 14.7 Å². The van der Waals surface area contributed by atoms with Gasteiger partial charge < -0.3 is 30.1 Å². The Hall–Kier alpha value is -2.32. The second kappa shape index (κ2) is 10.5. The topological polar surface area (TPSA) is 100 Å². The summed E-state index contributed by atoms with van der Waals surface area (Å²) in [5.41, 5.74) is 1.74. The van der Waals surface area contributed by atoms with E-state index < -0.39 is 6.10 Å². The van der Waals surface area contributed by atoms with Gasteiger partial charge in [-0.3, -0.25) is 4.79 Å². The van der Waals surface area contributed by atoms with E-state index in [1.165, 1.54) is 25.7 Å². The quantitative estimate of drug-likeness (QED) is 0.610. The molecule has 186 valence electrons. The Morgan fingerprint density at radius 1 is 1.06 bits per heavy atom. The van der Waals surface area contributed by atoms with Crippen LogP contribution in [0.15, 0.2) is 18.2 Å². The fourth-order valence-electron chi connectivity index (χ4n) is 6.03. The lowest BCUT2D eigenvalue weighted by Gasteiger charge is -2.38. The molecule has 0 unspecified atom stereocenters. The highest BCUT2D eigenvalue weighted by Crippen LogP contribution is 2.47. The van der Waals surface area contributed by atoms with E-state index in [4.69, 9.17) is 9.47 Å². The first-order chi connectivity index (χ1) is 16.6. The number of anilines is 1. The van der Waals surface area contributed by atoms with Gasteiger partial charge in [-0.1, -0.05) is 19.3 Å². The number of likely N-dealkylation sites (tertiary alicyclic amines) is 1. The SMILES string of the molecule is O=C(Nc1ccc2c(c1)[C@@H]1C[C@H](CC(=O)N3CCCCC3)O[C@@H](CO)[C@@H]1O2)NC1CCCCC1. The van der Waals surface area contributed by atoms with Crippen molar-refractivity contribution in [2.24, 2.45) is 0 Å². The number of aliphatic hydroxyl groups is 1. The average Bonchev–Trinajstić information content (AvgIpc) is 3.22. The second-order valence-corrected chi connectivity index (χ2v) is 10.2. The van der Waals surface area contributed by atoms with Crippen LogP contribution in [0, 0.1) is 0 Å². The van der Waals surface area contributed by atoms with Gasteiger partial charge in [-0.2, -0.15) is 0 Å². The van der Waals surface area contributed by atoms with Crippen LogP contribution in [-0.4, -0.2) is 66.0 Å². The van der Waals surface area contributed by atoms with Crippen LogP contribution in [0.4, 0.5) is 10.5 Å². The average molecular weight is 472 g/mol. The van der Waals surface area contributed by atoms with E-state index in [0.29, 0.717) is 12.8 Å². The molecule has 4 aliphatic rings. The summed E-state index contributed by atoms with van der Waals surface area (Å²) in [7, 11) is 0. The normalized spacial score (nSPS) is 29.0. The molecule has 1 aromatic carbocycles. The number of urea groups is 1. The molecule has 4 atom stereocenters. The van der Waals surface area contributed by atoms with E-state index in [2.05, 4.69) is 10.6 Å². The third kappa shape index (κ3) is 5.18. The first kappa shape index (κ1) is 23.4. The maximum atomic E-state index is 12.8. The molecule has 1 aromatic rings. The van der Waals surface area contributed by atoms with Crippen LogP contribution >= 0.6 is 0 Å². The standard InChI is InChI=1S/C26H37N3O5/c30-16-23-25-21(14-19(33-23)15-24(31)29-11-5-2-6-12-29)20-13-18(9-10-22(20)34-25)28-26(32)27-17-7-3-1-4-8-17/h9-10,13,17,19,21,23,25,30H,1-8,11-12,14-16H2,(H2,27,28,32)/t19-,21+,23+,25-/m1/s1. The van der Waals surface area contributed by atoms with Gasteiger partial charge in [0, 0.05) is 36.3 Å². The van der Waals surface area contributed by atoms with E-state index in [0.717, 1.165) is 55.8 Å². The number of hydrogen-bond acceptors (Lipinski definition) is 5. The molecule has 3 fully saturated rings. The molecular weight excluding hydrogens is 434 g/mol. The zero-order valence-electron chi connectivity index (χ0n) is 19.8. The van der Waals surface area contributed by atoms with E-state index in [1.807, 2.05) is 23.1 Å². The van der Waals surface area contributed by atoms with E-state index >= 15 is 0 Å². The van der Waals surface area contributed by atoms with Gasteiger partial charge in [-0.05, 0) is 56.7 Å². The fraction of sp³-hybridized carbons (Fsp3) is 0.692. The third-order valence-electron chi connectivity index (χ3n) is 7.81. The predicted octanol–water partition coefficient (Wildman–Crippen LogP) is 3.54. The van der Waals surface area contributed by atoms with E-state index in [-0.39, 0.29) is 42.7 Å². The van der Waals surface area contributed by atoms with Crippen LogP contribution in [-0.2, 0) is 9.53 Å². The molecule has 5 rings (SSSR count). The summed E-state index contributed by atoms with van der Waals surface area (Å²) in [5.74, 6) is 0.912. The number of benzene rings is 1. The Morgan fingerprint density at radius 3 is 2.59 bits per heavy atom. The number of rotatable bonds is 5. The number of aliphatic hydroxyl groups excluding tert-OH is 1. The lowest BCUT2D eigenvalue weighted by Crippen LogP contribution is -2.48. The Bertz CT molecular complexity index is 881. The van der Waals surface area contributed by atoms with Crippen LogP contribution in [0.1, 0.15) is 75.7 Å². The Morgan fingerprint density at radius 2 is 1.82 bits per heavy atom. The number of ether oxygens (including phenoxy) is 2. The van der Waals surface area contributed by atoms with Crippen LogP contribution in [0.25, 0.3) is 0 Å². The summed E-state index contributed by atoms with van der Waals surface area (Å²) in [4.78, 5) is 27.3. The highest BCUT2D eigenvalue weighted by Gasteiger charge is 2.46. The zero-order valence-corrected chi connectivity index (χ0v) is 19.8. The summed E-state index contributed by atoms with van der Waals surface area (Å²) in [6.45, 7) is 1.49. The minimum atomic E-state index is -0.476. The van der Waals surface area contributed by atoms with Crippen molar-refractivity contribution in [1.29, 1.82) is 0 Å². The number of nitrogens with one attached hydrogen (secondary N) is 2. The zero-order chi connectivity index (χ0) is 23.5. The minimum Gasteiger partial charge on any atom is -0.487 e. The number of amides is 3. The van der Waals surface area contributed by atoms with Crippen molar-refractivity contribution in [2.75, 3.05) is 25.0 Å². The van der Waals surface area contributed by atoms with E-state index in [1.54, 1.807) is 0 Å². The molecule has 1 aliphatic carbocycles. The maximum Gasteiger partial charge on any atom is 0.319 e. The number of piperidine rings is 1.